The molecule has 34 heavy (non-hydrogen) atoms. The van der Waals surface area contributed by atoms with Gasteiger partial charge in [-0.05, 0) is 39.0 Å². The number of hydrogen-bond acceptors (Lipinski definition) is 7. The van der Waals surface area contributed by atoms with Gasteiger partial charge in [0, 0.05) is 55.4 Å². The van der Waals surface area contributed by atoms with Crippen molar-refractivity contribution in [3.8, 4) is 11.3 Å². The number of ether oxygens (including phenoxy) is 1. The zero-order chi connectivity index (χ0) is 23.9. The van der Waals surface area contributed by atoms with Crippen LogP contribution < -0.4 is 5.73 Å². The Kier molecular flexibility index (Phi) is 5.60. The van der Waals surface area contributed by atoms with Gasteiger partial charge >= 0.3 is 6.09 Å². The molecule has 0 aliphatic carbocycles. The average Bonchev–Trinajstić information content (AvgIpc) is 3.41. The molecule has 4 aromatic rings. The normalized spacial score (nSPS) is 15.3. The van der Waals surface area contributed by atoms with Crippen molar-refractivity contribution >= 4 is 33.8 Å². The number of aromatic nitrogens is 5. The van der Waals surface area contributed by atoms with Crippen LogP contribution >= 0.6 is 0 Å². The third kappa shape index (κ3) is 4.41. The molecule has 0 radical (unpaired) electrons. The minimum Gasteiger partial charge on any atom is -0.444 e. The van der Waals surface area contributed by atoms with Crippen molar-refractivity contribution in [3.05, 3.63) is 36.8 Å². The Morgan fingerprint density at radius 2 is 1.91 bits per heavy atom. The second-order valence-electron chi connectivity index (χ2n) is 9.62. The molecular weight excluding hydrogens is 432 g/mol. The zero-order valence-corrected chi connectivity index (χ0v) is 19.8. The number of anilines is 1. The van der Waals surface area contributed by atoms with E-state index in [-0.39, 0.29) is 6.09 Å². The summed E-state index contributed by atoms with van der Waals surface area (Å²) in [7, 11) is 0. The van der Waals surface area contributed by atoms with E-state index in [2.05, 4.69) is 25.9 Å². The summed E-state index contributed by atoms with van der Waals surface area (Å²) >= 11 is 0. The Bertz CT molecular complexity index is 1330. The fraction of sp³-hybridized carbons (Fsp3) is 0.417. The Labute approximate surface area is 197 Å². The number of carbonyl (C=O) groups excluding carboxylic acids is 1. The van der Waals surface area contributed by atoms with Gasteiger partial charge in [0.1, 0.15) is 23.4 Å². The first kappa shape index (κ1) is 22.1. The molecule has 3 N–H and O–H groups in total. The van der Waals surface area contributed by atoms with Gasteiger partial charge in [-0.15, -0.1) is 0 Å². The van der Waals surface area contributed by atoms with Crippen molar-refractivity contribution in [3.63, 3.8) is 0 Å². The largest absolute Gasteiger partial charge is 0.444 e. The highest BCUT2D eigenvalue weighted by atomic mass is 16.6. The fourth-order valence-electron chi connectivity index (χ4n) is 4.31. The maximum absolute atomic E-state index is 12.3. The van der Waals surface area contributed by atoms with E-state index in [1.807, 2.05) is 49.8 Å². The third-order valence-corrected chi connectivity index (χ3v) is 6.04. The topological polar surface area (TPSA) is 118 Å². The molecule has 1 amide bonds. The first-order chi connectivity index (χ1) is 16.3. The summed E-state index contributed by atoms with van der Waals surface area (Å²) in [5.74, 6) is 0.423. The number of benzene rings is 1. The first-order valence-electron chi connectivity index (χ1n) is 11.5. The molecule has 10 heteroatoms. The molecule has 4 heterocycles. The van der Waals surface area contributed by atoms with Gasteiger partial charge in [0.15, 0.2) is 5.65 Å². The van der Waals surface area contributed by atoms with Gasteiger partial charge in [0.05, 0.1) is 11.9 Å². The molecule has 5 rings (SSSR count). The summed E-state index contributed by atoms with van der Waals surface area (Å²) in [4.78, 5) is 28.3. The number of aromatic amines is 1. The van der Waals surface area contributed by atoms with Crippen LogP contribution in [0.1, 0.15) is 20.8 Å². The van der Waals surface area contributed by atoms with E-state index >= 15 is 0 Å². The van der Waals surface area contributed by atoms with Crippen LogP contribution in [0.3, 0.4) is 0 Å². The zero-order valence-electron chi connectivity index (χ0n) is 19.8. The second-order valence-corrected chi connectivity index (χ2v) is 9.62. The van der Waals surface area contributed by atoms with Crippen LogP contribution in [-0.4, -0.2) is 79.0 Å². The number of fused-ring (bicyclic) bond motifs is 2. The SMILES string of the molecule is CC(C)(C)OC(=O)N1CCN(CCn2nc(-c3ccc4[nH]ccc4c3)c3c(N)ncnc32)CC1. The highest BCUT2D eigenvalue weighted by molar-refractivity contribution is 5.99. The number of rotatable bonds is 4. The number of nitrogens with two attached hydrogens (primary N) is 1. The van der Waals surface area contributed by atoms with Gasteiger partial charge in [-0.1, -0.05) is 6.07 Å². The Hall–Kier alpha value is -3.66. The van der Waals surface area contributed by atoms with Crippen molar-refractivity contribution < 1.29 is 9.53 Å². The van der Waals surface area contributed by atoms with Crippen molar-refractivity contribution in [2.45, 2.75) is 32.9 Å². The molecular formula is C24H30N8O2. The Morgan fingerprint density at radius 3 is 2.68 bits per heavy atom. The van der Waals surface area contributed by atoms with Crippen LogP contribution in [0.25, 0.3) is 33.2 Å². The lowest BCUT2D eigenvalue weighted by Crippen LogP contribution is -2.50. The van der Waals surface area contributed by atoms with Crippen LogP contribution in [0.5, 0.6) is 0 Å². The van der Waals surface area contributed by atoms with Gasteiger partial charge in [-0.25, -0.2) is 19.4 Å². The summed E-state index contributed by atoms with van der Waals surface area (Å²) in [5.41, 5.74) is 9.33. The summed E-state index contributed by atoms with van der Waals surface area (Å²) in [5, 5.41) is 6.77. The highest BCUT2D eigenvalue weighted by Gasteiger charge is 2.26. The quantitative estimate of drug-likeness (QED) is 0.478. The third-order valence-electron chi connectivity index (χ3n) is 6.04. The first-order valence-corrected chi connectivity index (χ1v) is 11.5. The summed E-state index contributed by atoms with van der Waals surface area (Å²) < 4.78 is 7.40. The predicted molar refractivity (Wildman–Crippen MR) is 131 cm³/mol. The second kappa shape index (κ2) is 8.60. The monoisotopic (exact) mass is 462 g/mol. The van der Waals surface area contributed by atoms with Crippen LogP contribution in [0.4, 0.5) is 10.6 Å². The van der Waals surface area contributed by atoms with Crippen LogP contribution in [0.15, 0.2) is 36.8 Å². The molecule has 0 atom stereocenters. The molecule has 0 unspecified atom stereocenters. The van der Waals surface area contributed by atoms with E-state index in [0.717, 1.165) is 52.8 Å². The number of amides is 1. The van der Waals surface area contributed by atoms with Crippen molar-refractivity contribution in [2.75, 3.05) is 38.5 Å². The van der Waals surface area contributed by atoms with E-state index in [1.165, 1.54) is 6.33 Å². The van der Waals surface area contributed by atoms with E-state index in [0.29, 0.717) is 25.5 Å². The number of hydrogen-bond donors (Lipinski definition) is 2. The maximum Gasteiger partial charge on any atom is 0.410 e. The molecule has 10 nitrogen and oxygen atoms in total. The van der Waals surface area contributed by atoms with Gasteiger partial charge in [0.25, 0.3) is 0 Å². The maximum atomic E-state index is 12.3. The number of nitrogen functional groups attached to an aromatic ring is 1. The van der Waals surface area contributed by atoms with Crippen molar-refractivity contribution in [1.29, 1.82) is 0 Å². The molecule has 0 bridgehead atoms. The number of nitrogens with one attached hydrogen (secondary N) is 1. The number of carbonyl (C=O) groups is 1. The number of H-pyrrole nitrogens is 1. The highest BCUT2D eigenvalue weighted by Crippen LogP contribution is 2.31. The Morgan fingerprint density at radius 1 is 1.12 bits per heavy atom. The average molecular weight is 463 g/mol. The lowest BCUT2D eigenvalue weighted by molar-refractivity contribution is 0.0142. The summed E-state index contributed by atoms with van der Waals surface area (Å²) in [6.45, 7) is 9.96. The molecule has 3 aromatic heterocycles. The van der Waals surface area contributed by atoms with E-state index in [9.17, 15) is 4.79 Å². The predicted octanol–water partition coefficient (Wildman–Crippen LogP) is 3.11. The van der Waals surface area contributed by atoms with E-state index < -0.39 is 5.60 Å². The van der Waals surface area contributed by atoms with Gasteiger partial charge in [-0.2, -0.15) is 5.10 Å². The minimum atomic E-state index is -0.484. The standard InChI is InChI=1S/C24H30N8O2/c1-24(2,3)34-23(33)31-11-8-30(9-12-31)10-13-32-22-19(21(25)27-15-28-22)20(29-32)17-4-5-18-16(14-17)6-7-26-18/h4-7,14-15,26H,8-13H2,1-3H3,(H2,25,27,28). The Balaban J connectivity index is 1.31. The van der Waals surface area contributed by atoms with Gasteiger partial charge in [0.2, 0.25) is 0 Å². The van der Waals surface area contributed by atoms with Crippen LogP contribution in [-0.2, 0) is 11.3 Å². The molecule has 1 aromatic carbocycles. The number of piperazine rings is 1. The number of nitrogens with zero attached hydrogens (tertiary/aromatic N) is 6. The van der Waals surface area contributed by atoms with E-state index in [1.54, 1.807) is 4.90 Å². The summed E-state index contributed by atoms with van der Waals surface area (Å²) in [6, 6.07) is 8.21. The molecule has 0 spiro atoms. The lowest BCUT2D eigenvalue weighted by atomic mass is 10.1. The van der Waals surface area contributed by atoms with Crippen molar-refractivity contribution in [1.82, 2.24) is 34.5 Å². The molecule has 0 saturated carbocycles. The van der Waals surface area contributed by atoms with Crippen LogP contribution in [0.2, 0.25) is 0 Å². The fourth-order valence-corrected chi connectivity index (χ4v) is 4.31. The van der Waals surface area contributed by atoms with Crippen LogP contribution in [0, 0.1) is 0 Å². The van der Waals surface area contributed by atoms with Crippen molar-refractivity contribution in [2.24, 2.45) is 0 Å². The molecule has 178 valence electrons. The lowest BCUT2D eigenvalue weighted by Gasteiger charge is -2.35. The van der Waals surface area contributed by atoms with Gasteiger partial charge in [-0.3, -0.25) is 4.90 Å². The molecule has 1 aliphatic rings. The van der Waals surface area contributed by atoms with Gasteiger partial charge < -0.3 is 20.4 Å². The van der Waals surface area contributed by atoms with E-state index in [4.69, 9.17) is 15.6 Å². The minimum absolute atomic E-state index is 0.249. The molecule has 1 aliphatic heterocycles. The molecule has 1 saturated heterocycles. The summed E-state index contributed by atoms with van der Waals surface area (Å²) in [6.07, 6.45) is 3.15. The molecule has 1 fully saturated rings. The smallest absolute Gasteiger partial charge is 0.410 e.